The van der Waals surface area contributed by atoms with Crippen molar-refractivity contribution in [3.05, 3.63) is 21.8 Å². The van der Waals surface area contributed by atoms with Crippen LogP contribution in [0.15, 0.2) is 11.6 Å². The van der Waals surface area contributed by atoms with E-state index in [2.05, 4.69) is 40.7 Å². The molecule has 3 saturated carbocycles. The second kappa shape index (κ2) is 14.6. The molecular formula is C40H67NO9. The van der Waals surface area contributed by atoms with Crippen LogP contribution in [0.25, 0.3) is 0 Å². The lowest BCUT2D eigenvalue weighted by Gasteiger charge is -2.62. The van der Waals surface area contributed by atoms with Gasteiger partial charge in [0.2, 0.25) is 6.04 Å². The molecule has 2 heterocycles. The van der Waals surface area contributed by atoms with Crippen molar-refractivity contribution in [1.29, 1.82) is 0 Å². The molecule has 2 saturated heterocycles. The van der Waals surface area contributed by atoms with Gasteiger partial charge >= 0.3 is 0 Å². The van der Waals surface area contributed by atoms with E-state index in [4.69, 9.17) is 18.9 Å². The van der Waals surface area contributed by atoms with Gasteiger partial charge in [0.05, 0.1) is 43.5 Å². The van der Waals surface area contributed by atoms with Crippen LogP contribution in [0.3, 0.4) is 0 Å². The fourth-order valence-electron chi connectivity index (χ4n) is 12.1. The Morgan fingerprint density at radius 3 is 2.48 bits per heavy atom. The van der Waals surface area contributed by atoms with Crippen LogP contribution in [0, 0.1) is 55.9 Å². The van der Waals surface area contributed by atoms with Crippen LogP contribution < -0.4 is 0 Å². The second-order valence-corrected chi connectivity index (χ2v) is 19.1. The van der Waals surface area contributed by atoms with Crippen LogP contribution in [0.1, 0.15) is 132 Å². The Labute approximate surface area is 300 Å². The molecule has 14 atom stereocenters. The maximum absolute atomic E-state index is 12.0. The van der Waals surface area contributed by atoms with Gasteiger partial charge in [0.25, 0.3) is 0 Å². The van der Waals surface area contributed by atoms with Gasteiger partial charge in [-0.25, -0.2) is 0 Å². The Kier molecular flexibility index (Phi) is 11.3. The van der Waals surface area contributed by atoms with E-state index in [9.17, 15) is 25.4 Å². The van der Waals surface area contributed by atoms with E-state index in [0.717, 1.165) is 43.9 Å². The van der Waals surface area contributed by atoms with Crippen molar-refractivity contribution < 1.29 is 39.2 Å². The third-order valence-corrected chi connectivity index (χ3v) is 14.9. The molecule has 2 aliphatic heterocycles. The monoisotopic (exact) mass is 705 g/mol. The lowest BCUT2D eigenvalue weighted by atomic mass is 9.43. The summed E-state index contributed by atoms with van der Waals surface area (Å²) in [5.41, 5.74) is 1.35. The van der Waals surface area contributed by atoms with Gasteiger partial charge in [0.1, 0.15) is 6.10 Å². The summed E-state index contributed by atoms with van der Waals surface area (Å²) in [6.45, 7) is 16.3. The second-order valence-electron chi connectivity index (χ2n) is 19.1. The molecule has 4 aliphatic carbocycles. The molecule has 0 amide bonds. The van der Waals surface area contributed by atoms with Gasteiger partial charge in [-0.15, -0.1) is 0 Å². The molecule has 286 valence electrons. The number of fused-ring (bicyclic) bond motifs is 5. The molecule has 10 nitrogen and oxygen atoms in total. The Morgan fingerprint density at radius 2 is 1.78 bits per heavy atom. The summed E-state index contributed by atoms with van der Waals surface area (Å²) in [6, 6.07) is -0.801. The smallest absolute Gasteiger partial charge is 0.220 e. The number of nitro groups is 1. The molecule has 0 aromatic heterocycles. The highest BCUT2D eigenvalue weighted by atomic mass is 16.7. The Balaban J connectivity index is 1.11. The maximum Gasteiger partial charge on any atom is 0.220 e. The molecule has 4 unspecified atom stereocenters. The fourth-order valence-corrected chi connectivity index (χ4v) is 12.1. The van der Waals surface area contributed by atoms with Gasteiger partial charge in [-0.1, -0.05) is 59.1 Å². The Hall–Kier alpha value is -1.14. The minimum Gasteiger partial charge on any atom is -0.391 e. The summed E-state index contributed by atoms with van der Waals surface area (Å²) >= 11 is 0. The highest BCUT2D eigenvalue weighted by Crippen LogP contribution is 2.70. The Bertz CT molecular complexity index is 1230. The third kappa shape index (κ3) is 7.60. The molecule has 3 N–H and O–H groups in total. The SMILES string of the molecule is C[C@H](CCCC(C)(C)O)C1CCC2C3CC=C4C(CC[C@H](O[C@H]5C[C@@H]([N+](=O)[O-])C[C@@H](CO[C@H]6OC[C@@H](O)C[C@H]6O)O5)C4(C)C)[C@]3(C)CC[C@@]21C. The van der Waals surface area contributed by atoms with Gasteiger partial charge in [0, 0.05) is 23.2 Å². The predicted molar refractivity (Wildman–Crippen MR) is 190 cm³/mol. The summed E-state index contributed by atoms with van der Waals surface area (Å²) < 4.78 is 24.3. The predicted octanol–water partition coefficient (Wildman–Crippen LogP) is 6.80. The van der Waals surface area contributed by atoms with Crippen LogP contribution >= 0.6 is 0 Å². The normalized spacial score (nSPS) is 45.2. The summed E-state index contributed by atoms with van der Waals surface area (Å²) in [6.07, 6.45) is 10.6. The van der Waals surface area contributed by atoms with Gasteiger partial charge in [-0.3, -0.25) is 10.1 Å². The highest BCUT2D eigenvalue weighted by molar-refractivity contribution is 5.29. The average molecular weight is 706 g/mol. The molecule has 5 fully saturated rings. The molecular weight excluding hydrogens is 638 g/mol. The lowest BCUT2D eigenvalue weighted by molar-refractivity contribution is -0.538. The molecule has 0 aromatic rings. The zero-order chi connectivity index (χ0) is 36.2. The quantitative estimate of drug-likeness (QED) is 0.120. The van der Waals surface area contributed by atoms with Crippen molar-refractivity contribution in [3.8, 4) is 0 Å². The summed E-state index contributed by atoms with van der Waals surface area (Å²) in [7, 11) is 0. The molecule has 0 bridgehead atoms. The summed E-state index contributed by atoms with van der Waals surface area (Å²) in [5.74, 6) is 3.39. The number of hydrogen-bond donors (Lipinski definition) is 3. The van der Waals surface area contributed by atoms with E-state index in [1.807, 2.05) is 13.8 Å². The van der Waals surface area contributed by atoms with E-state index in [0.29, 0.717) is 23.2 Å². The van der Waals surface area contributed by atoms with Gasteiger partial charge < -0.3 is 34.3 Å². The van der Waals surface area contributed by atoms with Crippen LogP contribution in [0.5, 0.6) is 0 Å². The number of hydrogen-bond acceptors (Lipinski definition) is 9. The molecule has 0 radical (unpaired) electrons. The highest BCUT2D eigenvalue weighted by Gasteiger charge is 2.62. The van der Waals surface area contributed by atoms with Crippen LogP contribution in [-0.4, -0.2) is 82.1 Å². The Morgan fingerprint density at radius 1 is 1.04 bits per heavy atom. The lowest BCUT2D eigenvalue weighted by Crippen LogP contribution is -2.56. The van der Waals surface area contributed by atoms with E-state index in [1.165, 1.54) is 37.7 Å². The molecule has 0 spiro atoms. The first-order valence-corrected chi connectivity index (χ1v) is 19.9. The largest absolute Gasteiger partial charge is 0.391 e. The number of aliphatic hydroxyl groups excluding tert-OH is 2. The van der Waals surface area contributed by atoms with E-state index in [1.54, 1.807) is 0 Å². The standard InChI is InChI=1S/C40H67NO9/c1-24(9-8-16-37(2,3)44)28-10-12-31-32-13-11-29-30(40(32,7)18-17-39(28,31)6)14-15-34(38(29,4)5)50-35-20-25(41(45)46)19-27(49-35)23-48-36-33(43)21-26(42)22-47-36/h11,24-28,30-36,42-44H,8-10,12-23H2,1-7H3/t24-,25+,26+,27+,28?,30?,31?,32?,33-,34+,35+,36-,39-,40+/m1/s1. The number of aliphatic hydroxyl groups is 3. The van der Waals surface area contributed by atoms with Crippen molar-refractivity contribution in [2.75, 3.05) is 13.2 Å². The van der Waals surface area contributed by atoms with Crippen LogP contribution in [-0.2, 0) is 18.9 Å². The summed E-state index contributed by atoms with van der Waals surface area (Å²) in [4.78, 5) is 11.8. The zero-order valence-corrected chi connectivity index (χ0v) is 31.9. The molecule has 6 aliphatic rings. The number of rotatable bonds is 11. The average Bonchev–Trinajstić information content (AvgIpc) is 3.38. The minimum absolute atomic E-state index is 0.0452. The number of allylic oxidation sites excluding steroid dienone is 1. The number of ether oxygens (including phenoxy) is 4. The van der Waals surface area contributed by atoms with E-state index < -0.39 is 42.5 Å². The first-order chi connectivity index (χ1) is 23.4. The fraction of sp³-hybridized carbons (Fsp3) is 0.950. The van der Waals surface area contributed by atoms with Crippen molar-refractivity contribution in [2.45, 2.75) is 181 Å². The maximum atomic E-state index is 12.0. The number of nitrogens with zero attached hydrogens (tertiary/aromatic N) is 1. The molecule has 10 heteroatoms. The van der Waals surface area contributed by atoms with Crippen LogP contribution in [0.4, 0.5) is 0 Å². The topological polar surface area (TPSA) is 141 Å². The third-order valence-electron chi connectivity index (χ3n) is 14.9. The van der Waals surface area contributed by atoms with Crippen molar-refractivity contribution >= 4 is 0 Å². The van der Waals surface area contributed by atoms with Crippen molar-refractivity contribution in [1.82, 2.24) is 0 Å². The molecule has 6 rings (SSSR count). The molecule has 0 aromatic carbocycles. The van der Waals surface area contributed by atoms with Gasteiger partial charge in [-0.2, -0.15) is 0 Å². The van der Waals surface area contributed by atoms with Crippen molar-refractivity contribution in [3.63, 3.8) is 0 Å². The molecule has 50 heavy (non-hydrogen) atoms. The first-order valence-electron chi connectivity index (χ1n) is 19.9. The minimum atomic E-state index is -0.964. The zero-order valence-electron chi connectivity index (χ0n) is 31.9. The van der Waals surface area contributed by atoms with Crippen LogP contribution in [0.2, 0.25) is 0 Å². The van der Waals surface area contributed by atoms with Gasteiger partial charge in [0.15, 0.2) is 12.6 Å². The van der Waals surface area contributed by atoms with Crippen molar-refractivity contribution in [2.24, 2.45) is 45.8 Å². The summed E-state index contributed by atoms with van der Waals surface area (Å²) in [5, 5.41) is 42.3. The van der Waals surface area contributed by atoms with Gasteiger partial charge in [-0.05, 0) is 106 Å². The first kappa shape index (κ1) is 38.6. The van der Waals surface area contributed by atoms with E-state index >= 15 is 0 Å². The van der Waals surface area contributed by atoms with E-state index in [-0.39, 0.29) is 54.3 Å².